The second-order valence-corrected chi connectivity index (χ2v) is 4.86. The molecule has 0 radical (unpaired) electrons. The molecule has 18 heavy (non-hydrogen) atoms. The number of amides is 1. The molecule has 1 aliphatic carbocycles. The Morgan fingerprint density at radius 1 is 1.50 bits per heavy atom. The molecule has 2 rings (SSSR count). The third-order valence-corrected chi connectivity index (χ3v) is 3.56. The molecule has 1 amide bonds. The molecule has 4 N–H and O–H groups in total. The van der Waals surface area contributed by atoms with Crippen LogP contribution in [-0.4, -0.2) is 12.5 Å². The van der Waals surface area contributed by atoms with Gasteiger partial charge in [-0.2, -0.15) is 0 Å². The summed E-state index contributed by atoms with van der Waals surface area (Å²) < 4.78 is 0. The molecule has 4 heteroatoms. The van der Waals surface area contributed by atoms with Gasteiger partial charge in [-0.15, -0.1) is 0 Å². The van der Waals surface area contributed by atoms with Crippen LogP contribution in [0.4, 0.5) is 5.69 Å². The maximum Gasteiger partial charge on any atom is 0.241 e. The Bertz CT molecular complexity index is 415. The summed E-state index contributed by atoms with van der Waals surface area (Å²) in [6, 6.07) is 7.67. The van der Waals surface area contributed by atoms with E-state index in [0.717, 1.165) is 24.9 Å². The zero-order valence-corrected chi connectivity index (χ0v) is 10.8. The van der Waals surface area contributed by atoms with Crippen LogP contribution in [0.3, 0.4) is 0 Å². The van der Waals surface area contributed by atoms with Gasteiger partial charge in [-0.1, -0.05) is 25.5 Å². The van der Waals surface area contributed by atoms with Crippen LogP contribution >= 0.6 is 0 Å². The third kappa shape index (κ3) is 2.82. The molecule has 1 saturated carbocycles. The van der Waals surface area contributed by atoms with E-state index in [9.17, 15) is 4.79 Å². The number of rotatable bonds is 5. The first-order valence-electron chi connectivity index (χ1n) is 6.60. The second-order valence-electron chi connectivity index (χ2n) is 4.86. The number of benzene rings is 1. The van der Waals surface area contributed by atoms with E-state index in [2.05, 4.69) is 10.9 Å². The monoisotopic (exact) mass is 247 g/mol. The lowest BCUT2D eigenvalue weighted by atomic mass is 9.72. The Kier molecular flexibility index (Phi) is 4.20. The van der Waals surface area contributed by atoms with Gasteiger partial charge in [0.05, 0.1) is 5.92 Å². The van der Waals surface area contributed by atoms with Gasteiger partial charge in [-0.05, 0) is 36.5 Å². The van der Waals surface area contributed by atoms with Gasteiger partial charge in [0.25, 0.3) is 0 Å². The standard InChI is InChI=1S/C14H21N3O/c1-2-16-17-14(18)13(10-5-3-6-10)11-7-4-8-12(15)9-11/h4,7-10,13,16H,2-3,5-6,15H2,1H3,(H,17,18). The largest absolute Gasteiger partial charge is 0.399 e. The van der Waals surface area contributed by atoms with Crippen molar-refractivity contribution >= 4 is 11.6 Å². The molecule has 0 heterocycles. The molecule has 98 valence electrons. The van der Waals surface area contributed by atoms with Crippen molar-refractivity contribution in [1.82, 2.24) is 10.9 Å². The number of hydrazine groups is 1. The van der Waals surface area contributed by atoms with Crippen LogP contribution in [0.1, 0.15) is 37.7 Å². The third-order valence-electron chi connectivity index (χ3n) is 3.56. The van der Waals surface area contributed by atoms with Crippen molar-refractivity contribution in [2.24, 2.45) is 5.92 Å². The molecular formula is C14H21N3O. The average Bonchev–Trinajstić information content (AvgIpc) is 2.30. The normalized spacial score (nSPS) is 16.9. The first-order chi connectivity index (χ1) is 8.72. The van der Waals surface area contributed by atoms with E-state index in [0.29, 0.717) is 11.6 Å². The smallest absolute Gasteiger partial charge is 0.241 e. The summed E-state index contributed by atoms with van der Waals surface area (Å²) in [5.41, 5.74) is 13.2. The van der Waals surface area contributed by atoms with E-state index in [1.165, 1.54) is 6.42 Å². The van der Waals surface area contributed by atoms with E-state index >= 15 is 0 Å². The molecule has 1 aliphatic rings. The molecule has 1 fully saturated rings. The zero-order chi connectivity index (χ0) is 13.0. The topological polar surface area (TPSA) is 67.1 Å². The van der Waals surface area contributed by atoms with Gasteiger partial charge in [-0.25, -0.2) is 5.43 Å². The van der Waals surface area contributed by atoms with E-state index in [1.54, 1.807) is 0 Å². The minimum atomic E-state index is -0.0821. The summed E-state index contributed by atoms with van der Waals surface area (Å²) >= 11 is 0. The summed E-state index contributed by atoms with van der Waals surface area (Å²) in [6.45, 7) is 2.68. The Balaban J connectivity index is 2.16. The first-order valence-corrected chi connectivity index (χ1v) is 6.60. The Labute approximate surface area is 108 Å². The quantitative estimate of drug-likeness (QED) is 0.549. The molecule has 1 aromatic carbocycles. The SMILES string of the molecule is CCNNC(=O)C(c1cccc(N)c1)C1CCC1. The number of nitrogens with two attached hydrogens (primary N) is 1. The van der Waals surface area contributed by atoms with Crippen molar-refractivity contribution in [2.45, 2.75) is 32.1 Å². The number of nitrogen functional groups attached to an aromatic ring is 1. The number of anilines is 1. The fourth-order valence-electron chi connectivity index (χ4n) is 2.42. The second kappa shape index (κ2) is 5.87. The Hall–Kier alpha value is -1.55. The summed E-state index contributed by atoms with van der Waals surface area (Å²) in [7, 11) is 0. The van der Waals surface area contributed by atoms with Crippen molar-refractivity contribution < 1.29 is 4.79 Å². The van der Waals surface area contributed by atoms with Crippen LogP contribution in [0, 0.1) is 5.92 Å². The van der Waals surface area contributed by atoms with Crippen LogP contribution in [-0.2, 0) is 4.79 Å². The van der Waals surface area contributed by atoms with Crippen molar-refractivity contribution in [1.29, 1.82) is 0 Å². The minimum Gasteiger partial charge on any atom is -0.399 e. The number of carbonyl (C=O) groups is 1. The molecular weight excluding hydrogens is 226 g/mol. The van der Waals surface area contributed by atoms with E-state index in [-0.39, 0.29) is 11.8 Å². The average molecular weight is 247 g/mol. The molecule has 0 bridgehead atoms. The highest BCUT2D eigenvalue weighted by Gasteiger charge is 2.33. The molecule has 0 saturated heterocycles. The molecule has 0 aliphatic heterocycles. The molecule has 0 spiro atoms. The van der Waals surface area contributed by atoms with Crippen molar-refractivity contribution in [3.8, 4) is 0 Å². The summed E-state index contributed by atoms with van der Waals surface area (Å²) in [5.74, 6) is 0.416. The van der Waals surface area contributed by atoms with Gasteiger partial charge < -0.3 is 5.73 Å². The van der Waals surface area contributed by atoms with Gasteiger partial charge >= 0.3 is 0 Å². The number of carbonyl (C=O) groups excluding carboxylic acids is 1. The number of hydrogen-bond acceptors (Lipinski definition) is 3. The van der Waals surface area contributed by atoms with Crippen LogP contribution in [0.2, 0.25) is 0 Å². The lowest BCUT2D eigenvalue weighted by Crippen LogP contribution is -2.43. The molecule has 1 unspecified atom stereocenters. The summed E-state index contributed by atoms with van der Waals surface area (Å²) in [5, 5.41) is 0. The predicted octanol–water partition coefficient (Wildman–Crippen LogP) is 1.79. The fraction of sp³-hybridized carbons (Fsp3) is 0.500. The van der Waals surface area contributed by atoms with Crippen molar-refractivity contribution in [2.75, 3.05) is 12.3 Å². The van der Waals surface area contributed by atoms with Crippen LogP contribution in [0.5, 0.6) is 0 Å². The van der Waals surface area contributed by atoms with E-state index in [4.69, 9.17) is 5.73 Å². The zero-order valence-electron chi connectivity index (χ0n) is 10.8. The maximum atomic E-state index is 12.2. The van der Waals surface area contributed by atoms with Crippen LogP contribution in [0.15, 0.2) is 24.3 Å². The van der Waals surface area contributed by atoms with Crippen molar-refractivity contribution in [3.63, 3.8) is 0 Å². The summed E-state index contributed by atoms with van der Waals surface area (Å²) in [4.78, 5) is 12.2. The first kappa shape index (κ1) is 12.9. The number of hydrogen-bond donors (Lipinski definition) is 3. The van der Waals surface area contributed by atoms with Crippen LogP contribution < -0.4 is 16.6 Å². The molecule has 0 aromatic heterocycles. The lowest BCUT2D eigenvalue weighted by molar-refractivity contribution is -0.125. The van der Waals surface area contributed by atoms with Gasteiger partial charge in [0.15, 0.2) is 0 Å². The minimum absolute atomic E-state index is 0.0483. The Morgan fingerprint density at radius 2 is 2.28 bits per heavy atom. The Morgan fingerprint density at radius 3 is 2.83 bits per heavy atom. The van der Waals surface area contributed by atoms with Gasteiger partial charge in [-0.3, -0.25) is 10.2 Å². The maximum absolute atomic E-state index is 12.2. The lowest BCUT2D eigenvalue weighted by Gasteiger charge is -2.33. The van der Waals surface area contributed by atoms with Crippen LogP contribution in [0.25, 0.3) is 0 Å². The van der Waals surface area contributed by atoms with Gasteiger partial charge in [0.1, 0.15) is 0 Å². The summed E-state index contributed by atoms with van der Waals surface area (Å²) in [6.07, 6.45) is 3.47. The highest BCUT2D eigenvalue weighted by molar-refractivity contribution is 5.84. The van der Waals surface area contributed by atoms with E-state index < -0.39 is 0 Å². The van der Waals surface area contributed by atoms with Gasteiger partial charge in [0, 0.05) is 12.2 Å². The van der Waals surface area contributed by atoms with Crippen molar-refractivity contribution in [3.05, 3.63) is 29.8 Å². The molecule has 4 nitrogen and oxygen atoms in total. The van der Waals surface area contributed by atoms with E-state index in [1.807, 2.05) is 31.2 Å². The fourth-order valence-corrected chi connectivity index (χ4v) is 2.42. The molecule has 1 atom stereocenters. The predicted molar refractivity (Wildman–Crippen MR) is 72.8 cm³/mol. The molecule has 1 aromatic rings. The number of nitrogens with one attached hydrogen (secondary N) is 2. The highest BCUT2D eigenvalue weighted by Crippen LogP contribution is 2.39. The van der Waals surface area contributed by atoms with Gasteiger partial charge in [0.2, 0.25) is 5.91 Å². The highest BCUT2D eigenvalue weighted by atomic mass is 16.2.